The van der Waals surface area contributed by atoms with Crippen LogP contribution in [0.3, 0.4) is 0 Å². The second-order valence-electron chi connectivity index (χ2n) is 5.69. The van der Waals surface area contributed by atoms with Gasteiger partial charge in [0.1, 0.15) is 5.82 Å². The van der Waals surface area contributed by atoms with Crippen molar-refractivity contribution >= 4 is 36.5 Å². The van der Waals surface area contributed by atoms with Gasteiger partial charge in [-0.1, -0.05) is 0 Å². The second kappa shape index (κ2) is 13.1. The van der Waals surface area contributed by atoms with Crippen LogP contribution in [0.4, 0.5) is 5.82 Å². The molecule has 1 aliphatic rings. The fourth-order valence-electron chi connectivity index (χ4n) is 2.43. The molecule has 0 atom stereocenters. The zero-order valence-electron chi connectivity index (χ0n) is 14.9. The van der Waals surface area contributed by atoms with Crippen molar-refractivity contribution in [3.63, 3.8) is 0 Å². The Morgan fingerprint density at radius 2 is 1.92 bits per heavy atom. The summed E-state index contributed by atoms with van der Waals surface area (Å²) in [5.74, 6) is 0.820. The monoisotopic (exact) mass is 393 g/mol. The maximum Gasteiger partial charge on any atom is 0.251 e. The topological polar surface area (TPSA) is 69.7 Å². The molecule has 0 radical (unpaired) electrons. The predicted octanol–water partition coefficient (Wildman–Crippen LogP) is 0.643. The lowest BCUT2D eigenvalue weighted by Gasteiger charge is -2.33. The highest BCUT2D eigenvalue weighted by Crippen LogP contribution is 2.14. The minimum atomic E-state index is -0.0590. The molecule has 9 heteroatoms. The van der Waals surface area contributed by atoms with Crippen molar-refractivity contribution in [2.45, 2.75) is 0 Å². The maximum atomic E-state index is 12.2. The number of amides is 1. The molecule has 0 aliphatic carbocycles. The summed E-state index contributed by atoms with van der Waals surface area (Å²) in [5, 5.41) is 6.11. The number of anilines is 1. The van der Waals surface area contributed by atoms with Gasteiger partial charge in [0.15, 0.2) is 0 Å². The first kappa shape index (κ1) is 23.9. The molecule has 0 saturated carbocycles. The third-order valence-electron chi connectivity index (χ3n) is 3.91. The number of likely N-dealkylation sites (N-methyl/N-ethyl adjacent to an activating group) is 1. The minimum Gasteiger partial charge on any atom is -0.383 e. The standard InChI is InChI=1S/C16H27N5O2.2ClH/c1-20-8-10-21(11-9-20)15-13-14(3-4-18-15)16(22)19-6-5-17-7-12-23-2;;/h3-4,13,17H,5-12H2,1-2H3,(H,19,22);2*1H. The van der Waals surface area contributed by atoms with Gasteiger partial charge in [-0.15, -0.1) is 24.8 Å². The summed E-state index contributed by atoms with van der Waals surface area (Å²) in [6.45, 7) is 6.70. The van der Waals surface area contributed by atoms with Gasteiger partial charge in [-0.25, -0.2) is 4.98 Å². The lowest BCUT2D eigenvalue weighted by Crippen LogP contribution is -2.44. The highest BCUT2D eigenvalue weighted by atomic mass is 35.5. The summed E-state index contributed by atoms with van der Waals surface area (Å²) in [4.78, 5) is 21.1. The average molecular weight is 394 g/mol. The van der Waals surface area contributed by atoms with Gasteiger partial charge in [0.05, 0.1) is 6.61 Å². The van der Waals surface area contributed by atoms with Crippen LogP contribution in [0.5, 0.6) is 0 Å². The van der Waals surface area contributed by atoms with Gasteiger partial charge in [-0.3, -0.25) is 4.79 Å². The number of piperazine rings is 1. The van der Waals surface area contributed by atoms with Gasteiger partial charge < -0.3 is 25.2 Å². The Bertz CT molecular complexity index is 499. The van der Waals surface area contributed by atoms with E-state index in [0.29, 0.717) is 18.7 Å². The summed E-state index contributed by atoms with van der Waals surface area (Å²) < 4.78 is 4.95. The van der Waals surface area contributed by atoms with Crippen LogP contribution in [0, 0.1) is 0 Å². The average Bonchev–Trinajstić information content (AvgIpc) is 2.58. The van der Waals surface area contributed by atoms with Gasteiger partial charge in [0, 0.05) is 64.7 Å². The Balaban J connectivity index is 0.00000288. The van der Waals surface area contributed by atoms with Crippen molar-refractivity contribution < 1.29 is 9.53 Å². The fraction of sp³-hybridized carbons (Fsp3) is 0.625. The van der Waals surface area contributed by atoms with E-state index in [2.05, 4.69) is 32.5 Å². The first-order valence-electron chi connectivity index (χ1n) is 8.08. The molecule has 0 aromatic carbocycles. The zero-order chi connectivity index (χ0) is 16.5. The van der Waals surface area contributed by atoms with E-state index in [4.69, 9.17) is 4.74 Å². The van der Waals surface area contributed by atoms with Crippen LogP contribution in [0.2, 0.25) is 0 Å². The number of rotatable bonds is 8. The molecule has 2 N–H and O–H groups in total. The number of aromatic nitrogens is 1. The Morgan fingerprint density at radius 3 is 2.60 bits per heavy atom. The number of nitrogens with zero attached hydrogens (tertiary/aromatic N) is 3. The van der Waals surface area contributed by atoms with E-state index in [9.17, 15) is 4.79 Å². The third kappa shape index (κ3) is 8.20. The molecule has 1 aliphatic heterocycles. The molecular weight excluding hydrogens is 365 g/mol. The first-order chi connectivity index (χ1) is 11.2. The van der Waals surface area contributed by atoms with Gasteiger partial charge >= 0.3 is 0 Å². The lowest BCUT2D eigenvalue weighted by atomic mass is 10.2. The SMILES string of the molecule is COCCNCCNC(=O)c1ccnc(N2CCN(C)CC2)c1.Cl.Cl. The van der Waals surface area contributed by atoms with Crippen molar-refractivity contribution in [3.05, 3.63) is 23.9 Å². The van der Waals surface area contributed by atoms with Gasteiger partial charge in [0.25, 0.3) is 5.91 Å². The Morgan fingerprint density at radius 1 is 1.20 bits per heavy atom. The van der Waals surface area contributed by atoms with Crippen LogP contribution in [0.1, 0.15) is 10.4 Å². The molecule has 0 unspecified atom stereocenters. The van der Waals surface area contributed by atoms with Crippen LogP contribution in [-0.4, -0.2) is 82.4 Å². The summed E-state index contributed by atoms with van der Waals surface area (Å²) in [6, 6.07) is 3.63. The van der Waals surface area contributed by atoms with Crippen LogP contribution >= 0.6 is 24.8 Å². The van der Waals surface area contributed by atoms with E-state index in [-0.39, 0.29) is 30.7 Å². The number of carbonyl (C=O) groups is 1. The zero-order valence-corrected chi connectivity index (χ0v) is 16.5. The number of hydrogen-bond acceptors (Lipinski definition) is 6. The molecular formula is C16H29Cl2N5O2. The van der Waals surface area contributed by atoms with Gasteiger partial charge in [-0.05, 0) is 19.2 Å². The predicted molar refractivity (Wildman–Crippen MR) is 106 cm³/mol. The number of hydrogen-bond donors (Lipinski definition) is 2. The molecule has 25 heavy (non-hydrogen) atoms. The molecule has 7 nitrogen and oxygen atoms in total. The first-order valence-corrected chi connectivity index (χ1v) is 8.08. The summed E-state index contributed by atoms with van der Waals surface area (Å²) in [5.41, 5.74) is 0.658. The Labute approximate surface area is 162 Å². The molecule has 1 aromatic rings. The fourth-order valence-corrected chi connectivity index (χ4v) is 2.43. The Kier molecular flexibility index (Phi) is 12.5. The summed E-state index contributed by atoms with van der Waals surface area (Å²) >= 11 is 0. The van der Waals surface area contributed by atoms with Crippen LogP contribution < -0.4 is 15.5 Å². The smallest absolute Gasteiger partial charge is 0.251 e. The van der Waals surface area contributed by atoms with Crippen LogP contribution in [0.15, 0.2) is 18.3 Å². The van der Waals surface area contributed by atoms with E-state index >= 15 is 0 Å². The minimum absolute atomic E-state index is 0. The molecule has 2 rings (SSSR count). The highest BCUT2D eigenvalue weighted by Gasteiger charge is 2.16. The van der Waals surface area contributed by atoms with Crippen molar-refractivity contribution in [3.8, 4) is 0 Å². The van der Waals surface area contributed by atoms with E-state index in [1.165, 1.54) is 0 Å². The van der Waals surface area contributed by atoms with Crippen LogP contribution in [-0.2, 0) is 4.74 Å². The van der Waals surface area contributed by atoms with Crippen molar-refractivity contribution in [2.75, 3.05) is 71.5 Å². The summed E-state index contributed by atoms with van der Waals surface area (Å²) in [7, 11) is 3.79. The number of pyridine rings is 1. The molecule has 1 aromatic heterocycles. The maximum absolute atomic E-state index is 12.2. The molecule has 1 amide bonds. The van der Waals surface area contributed by atoms with Gasteiger partial charge in [-0.2, -0.15) is 0 Å². The van der Waals surface area contributed by atoms with Crippen molar-refractivity contribution in [2.24, 2.45) is 0 Å². The molecule has 144 valence electrons. The van der Waals surface area contributed by atoms with Crippen molar-refractivity contribution in [1.82, 2.24) is 20.5 Å². The van der Waals surface area contributed by atoms with E-state index in [1.54, 1.807) is 19.4 Å². The number of nitrogens with one attached hydrogen (secondary N) is 2. The number of methoxy groups -OCH3 is 1. The second-order valence-corrected chi connectivity index (χ2v) is 5.69. The molecule has 0 bridgehead atoms. The third-order valence-corrected chi connectivity index (χ3v) is 3.91. The number of halogens is 2. The number of ether oxygens (including phenoxy) is 1. The van der Waals surface area contributed by atoms with E-state index in [1.807, 2.05) is 6.07 Å². The normalized spacial score (nSPS) is 14.4. The highest BCUT2D eigenvalue weighted by molar-refractivity contribution is 5.94. The lowest BCUT2D eigenvalue weighted by molar-refractivity contribution is 0.0953. The Hall–Kier alpha value is -1.12. The van der Waals surface area contributed by atoms with Crippen LogP contribution in [0.25, 0.3) is 0 Å². The molecule has 2 heterocycles. The number of carbonyl (C=O) groups excluding carboxylic acids is 1. The van der Waals surface area contributed by atoms with E-state index in [0.717, 1.165) is 45.1 Å². The summed E-state index contributed by atoms with van der Waals surface area (Å²) in [6.07, 6.45) is 1.71. The van der Waals surface area contributed by atoms with Gasteiger partial charge in [0.2, 0.25) is 0 Å². The molecule has 1 fully saturated rings. The molecule has 0 spiro atoms. The largest absolute Gasteiger partial charge is 0.383 e. The van der Waals surface area contributed by atoms with Crippen molar-refractivity contribution in [1.29, 1.82) is 0 Å². The molecule has 1 saturated heterocycles. The quantitative estimate of drug-likeness (QED) is 0.631. The van der Waals surface area contributed by atoms with E-state index < -0.39 is 0 Å².